The smallest absolute Gasteiger partial charge is 0.260 e. The quantitative estimate of drug-likeness (QED) is 0.619. The predicted octanol–water partition coefficient (Wildman–Crippen LogP) is 2.09. The van der Waals surface area contributed by atoms with E-state index in [2.05, 4.69) is 9.97 Å². The van der Waals surface area contributed by atoms with E-state index in [0.717, 1.165) is 6.20 Å². The molecule has 0 saturated carbocycles. The Balaban J connectivity index is 2.66. The molecule has 2 nitrogen and oxygen atoms in total. The number of rotatable bonds is 1. The largest absolute Gasteiger partial charge is 0.447 e. The van der Waals surface area contributed by atoms with Crippen molar-refractivity contribution in [1.82, 2.24) is 9.97 Å². The van der Waals surface area contributed by atoms with Gasteiger partial charge in [0.15, 0.2) is 0 Å². The van der Waals surface area contributed by atoms with Crippen LogP contribution in [0.3, 0.4) is 0 Å². The molecule has 0 saturated heterocycles. The molecule has 0 fully saturated rings. The van der Waals surface area contributed by atoms with Crippen molar-refractivity contribution in [1.29, 1.82) is 0 Å². The summed E-state index contributed by atoms with van der Waals surface area (Å²) < 4.78 is 34.9. The Morgan fingerprint density at radius 1 is 1.27 bits per heavy atom. The minimum Gasteiger partial charge on any atom is -0.260 e. The van der Waals surface area contributed by atoms with Crippen LogP contribution in [-0.4, -0.2) is 15.5 Å². The van der Waals surface area contributed by atoms with Crippen LogP contribution in [0, 0.1) is 0 Å². The second-order valence-corrected chi connectivity index (χ2v) is 2.68. The molecule has 60 valence electrons. The molecule has 0 bridgehead atoms. The first kappa shape index (κ1) is 8.32. The van der Waals surface area contributed by atoms with E-state index in [9.17, 15) is 13.2 Å². The van der Waals surface area contributed by atoms with Crippen LogP contribution in [0.25, 0.3) is 0 Å². The lowest BCUT2D eigenvalue weighted by molar-refractivity contribution is -0.0329. The van der Waals surface area contributed by atoms with Gasteiger partial charge in [-0.1, -0.05) is 0 Å². The van der Waals surface area contributed by atoms with Gasteiger partial charge < -0.3 is 0 Å². The molecule has 1 heterocycles. The molecule has 0 atom stereocenters. The maximum absolute atomic E-state index is 11.6. The maximum Gasteiger partial charge on any atom is 0.447 e. The van der Waals surface area contributed by atoms with Gasteiger partial charge in [0.1, 0.15) is 5.03 Å². The SMILES string of the molecule is FC(F)(F)Sc1cnccn1. The zero-order chi connectivity index (χ0) is 8.32. The third kappa shape index (κ3) is 3.22. The number of thioether (sulfide) groups is 1. The van der Waals surface area contributed by atoms with Gasteiger partial charge in [0.05, 0.1) is 6.20 Å². The Bertz CT molecular complexity index is 223. The lowest BCUT2D eigenvalue weighted by atomic mass is 10.8. The highest BCUT2D eigenvalue weighted by Gasteiger charge is 2.29. The highest BCUT2D eigenvalue weighted by molar-refractivity contribution is 8.00. The number of hydrogen-bond acceptors (Lipinski definition) is 3. The molecule has 0 aliphatic heterocycles. The average molecular weight is 180 g/mol. The van der Waals surface area contributed by atoms with E-state index in [0.29, 0.717) is 0 Å². The van der Waals surface area contributed by atoms with Crippen LogP contribution in [0.2, 0.25) is 0 Å². The van der Waals surface area contributed by atoms with Gasteiger partial charge in [0, 0.05) is 24.2 Å². The summed E-state index contributed by atoms with van der Waals surface area (Å²) in [6.07, 6.45) is 3.60. The van der Waals surface area contributed by atoms with E-state index < -0.39 is 5.51 Å². The van der Waals surface area contributed by atoms with Gasteiger partial charge in [0.25, 0.3) is 0 Å². The monoisotopic (exact) mass is 180 g/mol. The molecule has 0 N–H and O–H groups in total. The molecule has 0 aromatic carbocycles. The standard InChI is InChI=1S/C5H3F3N2S/c6-5(7,8)11-4-3-9-1-2-10-4/h1-3H. The number of halogens is 3. The summed E-state index contributed by atoms with van der Waals surface area (Å²) >= 11 is -0.273. The number of aromatic nitrogens is 2. The zero-order valence-corrected chi connectivity index (χ0v) is 5.99. The molecule has 0 aliphatic carbocycles. The van der Waals surface area contributed by atoms with Crippen molar-refractivity contribution in [2.45, 2.75) is 10.5 Å². The normalized spacial score (nSPS) is 11.5. The molecule has 1 rings (SSSR count). The van der Waals surface area contributed by atoms with Crippen molar-refractivity contribution in [3.8, 4) is 0 Å². The molecule has 1 aromatic rings. The van der Waals surface area contributed by atoms with E-state index in [-0.39, 0.29) is 16.8 Å². The molecule has 6 heteroatoms. The van der Waals surface area contributed by atoms with E-state index in [4.69, 9.17) is 0 Å². The van der Waals surface area contributed by atoms with Crippen molar-refractivity contribution in [3.63, 3.8) is 0 Å². The Morgan fingerprint density at radius 3 is 2.45 bits per heavy atom. The van der Waals surface area contributed by atoms with Gasteiger partial charge in [-0.15, -0.1) is 0 Å². The van der Waals surface area contributed by atoms with Crippen molar-refractivity contribution < 1.29 is 13.2 Å². The topological polar surface area (TPSA) is 25.8 Å². The number of alkyl halides is 3. The molecular formula is C5H3F3N2S. The maximum atomic E-state index is 11.6. The van der Waals surface area contributed by atoms with Crippen LogP contribution < -0.4 is 0 Å². The molecule has 0 amide bonds. The van der Waals surface area contributed by atoms with Crippen LogP contribution in [0.5, 0.6) is 0 Å². The van der Waals surface area contributed by atoms with Gasteiger partial charge >= 0.3 is 5.51 Å². The van der Waals surface area contributed by atoms with Crippen molar-refractivity contribution >= 4 is 11.8 Å². The Morgan fingerprint density at radius 2 is 2.00 bits per heavy atom. The van der Waals surface area contributed by atoms with Gasteiger partial charge in [-0.3, -0.25) is 4.98 Å². The van der Waals surface area contributed by atoms with E-state index in [1.807, 2.05) is 0 Å². The van der Waals surface area contributed by atoms with Crippen LogP contribution in [0.4, 0.5) is 13.2 Å². The van der Waals surface area contributed by atoms with Gasteiger partial charge in [-0.05, 0) is 0 Å². The van der Waals surface area contributed by atoms with Crippen LogP contribution in [0.15, 0.2) is 23.6 Å². The predicted molar refractivity (Wildman–Crippen MR) is 33.9 cm³/mol. The summed E-state index contributed by atoms with van der Waals surface area (Å²) in [4.78, 5) is 6.93. The third-order valence-corrected chi connectivity index (χ3v) is 1.41. The van der Waals surface area contributed by atoms with Crippen LogP contribution in [0.1, 0.15) is 0 Å². The summed E-state index contributed by atoms with van der Waals surface area (Å²) in [6.45, 7) is 0. The lowest BCUT2D eigenvalue weighted by Gasteiger charge is -2.02. The number of hydrogen-bond donors (Lipinski definition) is 0. The third-order valence-electron chi connectivity index (χ3n) is 0.760. The fourth-order valence-corrected chi connectivity index (χ4v) is 0.921. The highest BCUT2D eigenvalue weighted by atomic mass is 32.2. The van der Waals surface area contributed by atoms with Crippen LogP contribution >= 0.6 is 11.8 Å². The lowest BCUT2D eigenvalue weighted by Crippen LogP contribution is -2.00. The Labute approximate surface area is 64.9 Å². The van der Waals surface area contributed by atoms with Crippen molar-refractivity contribution in [3.05, 3.63) is 18.6 Å². The van der Waals surface area contributed by atoms with E-state index >= 15 is 0 Å². The summed E-state index contributed by atoms with van der Waals surface area (Å²) in [5.74, 6) is 0. The molecule has 0 spiro atoms. The molecule has 0 radical (unpaired) electrons. The summed E-state index contributed by atoms with van der Waals surface area (Å²) in [6, 6.07) is 0. The first-order chi connectivity index (χ1) is 5.08. The molecule has 0 unspecified atom stereocenters. The van der Waals surface area contributed by atoms with Gasteiger partial charge in [-0.2, -0.15) is 13.2 Å². The fourth-order valence-electron chi connectivity index (χ4n) is 0.457. The first-order valence-corrected chi connectivity index (χ1v) is 3.41. The van der Waals surface area contributed by atoms with Crippen molar-refractivity contribution in [2.75, 3.05) is 0 Å². The van der Waals surface area contributed by atoms with E-state index in [1.54, 1.807) is 0 Å². The van der Waals surface area contributed by atoms with E-state index in [1.165, 1.54) is 12.4 Å². The summed E-state index contributed by atoms with van der Waals surface area (Å²) in [5, 5.41) is -0.139. The second kappa shape index (κ2) is 3.08. The molecular weight excluding hydrogens is 177 g/mol. The zero-order valence-electron chi connectivity index (χ0n) is 5.17. The fraction of sp³-hybridized carbons (Fsp3) is 0.200. The molecule has 11 heavy (non-hydrogen) atoms. The Hall–Kier alpha value is -0.780. The molecule has 0 aliphatic rings. The van der Waals surface area contributed by atoms with Crippen molar-refractivity contribution in [2.24, 2.45) is 0 Å². The summed E-state index contributed by atoms with van der Waals surface area (Å²) in [5.41, 5.74) is -4.28. The first-order valence-electron chi connectivity index (χ1n) is 2.60. The second-order valence-electron chi connectivity index (χ2n) is 1.59. The average Bonchev–Trinajstić information content (AvgIpc) is 1.85. The minimum absolute atomic E-state index is 0.139. The number of nitrogens with zero attached hydrogens (tertiary/aromatic N) is 2. The Kier molecular flexibility index (Phi) is 2.33. The molecule has 1 aromatic heterocycles. The summed E-state index contributed by atoms with van der Waals surface area (Å²) in [7, 11) is 0. The minimum atomic E-state index is -4.28. The van der Waals surface area contributed by atoms with Gasteiger partial charge in [-0.25, -0.2) is 4.98 Å². The van der Waals surface area contributed by atoms with Crippen LogP contribution in [-0.2, 0) is 0 Å². The highest BCUT2D eigenvalue weighted by Crippen LogP contribution is 2.34. The van der Waals surface area contributed by atoms with Gasteiger partial charge in [0.2, 0.25) is 0 Å².